The fourth-order valence-corrected chi connectivity index (χ4v) is 1.79. The number of rotatable bonds is 10. The van der Waals surface area contributed by atoms with Crippen molar-refractivity contribution in [2.75, 3.05) is 13.2 Å². The molecule has 0 aliphatic heterocycles. The number of carbonyl (C=O) groups excluding carboxylic acids is 1. The third-order valence-corrected chi connectivity index (χ3v) is 3.27. The van der Waals surface area contributed by atoms with Gasteiger partial charge in [-0.25, -0.2) is 0 Å². The Balaban J connectivity index is 3.93. The summed E-state index contributed by atoms with van der Waals surface area (Å²) in [5.74, 6) is -0.182. The van der Waals surface area contributed by atoms with E-state index in [1.807, 2.05) is 6.92 Å². The molecule has 0 aliphatic carbocycles. The molecule has 4 nitrogen and oxygen atoms in total. The fraction of sp³-hybridized carbons (Fsp3) is 0.929. The van der Waals surface area contributed by atoms with Crippen LogP contribution in [-0.4, -0.2) is 35.0 Å². The Morgan fingerprint density at radius 1 is 1.33 bits per heavy atom. The molecule has 18 heavy (non-hydrogen) atoms. The minimum absolute atomic E-state index is 0.0206. The standard InChI is InChI=1S/C14H28O4/c1-4-6-7-12(5-2)13(16)18-11-9-14(3,17)8-10-15/h12,15,17H,4-11H2,1-3H3. The zero-order chi connectivity index (χ0) is 14.0. The van der Waals surface area contributed by atoms with Gasteiger partial charge in [0.1, 0.15) is 0 Å². The van der Waals surface area contributed by atoms with Crippen molar-refractivity contribution >= 4 is 5.97 Å². The molecule has 0 aromatic carbocycles. The van der Waals surface area contributed by atoms with Gasteiger partial charge in [0.05, 0.1) is 18.1 Å². The maximum Gasteiger partial charge on any atom is 0.308 e. The van der Waals surface area contributed by atoms with E-state index in [0.29, 0.717) is 12.8 Å². The second-order valence-corrected chi connectivity index (χ2v) is 5.14. The van der Waals surface area contributed by atoms with Gasteiger partial charge in [0.15, 0.2) is 0 Å². The van der Waals surface area contributed by atoms with E-state index < -0.39 is 5.60 Å². The monoisotopic (exact) mass is 260 g/mol. The van der Waals surface area contributed by atoms with Gasteiger partial charge in [-0.1, -0.05) is 26.7 Å². The second kappa shape index (κ2) is 9.34. The lowest BCUT2D eigenvalue weighted by Gasteiger charge is -2.22. The van der Waals surface area contributed by atoms with Gasteiger partial charge in [-0.3, -0.25) is 4.79 Å². The van der Waals surface area contributed by atoms with Crippen LogP contribution in [0.1, 0.15) is 59.3 Å². The van der Waals surface area contributed by atoms with E-state index in [2.05, 4.69) is 6.92 Å². The Morgan fingerprint density at radius 3 is 2.50 bits per heavy atom. The van der Waals surface area contributed by atoms with Gasteiger partial charge >= 0.3 is 5.97 Å². The van der Waals surface area contributed by atoms with Gasteiger partial charge in [0, 0.05) is 13.0 Å². The third-order valence-electron chi connectivity index (χ3n) is 3.27. The lowest BCUT2D eigenvalue weighted by molar-refractivity contribution is -0.150. The van der Waals surface area contributed by atoms with Gasteiger partial charge < -0.3 is 14.9 Å². The van der Waals surface area contributed by atoms with Crippen molar-refractivity contribution in [1.29, 1.82) is 0 Å². The van der Waals surface area contributed by atoms with Gasteiger partial charge in [-0.15, -0.1) is 0 Å². The summed E-state index contributed by atoms with van der Waals surface area (Å²) < 4.78 is 5.19. The van der Waals surface area contributed by atoms with Gasteiger partial charge in [0.25, 0.3) is 0 Å². The SMILES string of the molecule is CCCCC(CC)C(=O)OCCC(C)(O)CCO. The number of aliphatic hydroxyl groups is 2. The quantitative estimate of drug-likeness (QED) is 0.591. The molecule has 0 fully saturated rings. The lowest BCUT2D eigenvalue weighted by atomic mass is 9.98. The highest BCUT2D eigenvalue weighted by Crippen LogP contribution is 2.17. The molecular weight excluding hydrogens is 232 g/mol. The summed E-state index contributed by atoms with van der Waals surface area (Å²) >= 11 is 0. The molecule has 0 aromatic rings. The van der Waals surface area contributed by atoms with E-state index in [1.165, 1.54) is 0 Å². The predicted octanol–water partition coefficient (Wildman–Crippen LogP) is 2.27. The average molecular weight is 260 g/mol. The van der Waals surface area contributed by atoms with E-state index in [9.17, 15) is 9.90 Å². The highest BCUT2D eigenvalue weighted by atomic mass is 16.5. The molecule has 2 unspecified atom stereocenters. The summed E-state index contributed by atoms with van der Waals surface area (Å²) in [6.07, 6.45) is 4.46. The van der Waals surface area contributed by atoms with Gasteiger partial charge in [-0.05, 0) is 26.2 Å². The minimum Gasteiger partial charge on any atom is -0.465 e. The van der Waals surface area contributed by atoms with Crippen LogP contribution in [0.2, 0.25) is 0 Å². The average Bonchev–Trinajstić information content (AvgIpc) is 2.29. The summed E-state index contributed by atoms with van der Waals surface area (Å²) in [5.41, 5.74) is -0.958. The van der Waals surface area contributed by atoms with Crippen LogP contribution in [0.15, 0.2) is 0 Å². The van der Waals surface area contributed by atoms with Crippen LogP contribution < -0.4 is 0 Å². The van der Waals surface area contributed by atoms with Crippen LogP contribution in [0.25, 0.3) is 0 Å². The van der Waals surface area contributed by atoms with Crippen LogP contribution in [0.3, 0.4) is 0 Å². The molecule has 0 bridgehead atoms. The predicted molar refractivity (Wildman–Crippen MR) is 71.2 cm³/mol. The first-order valence-corrected chi connectivity index (χ1v) is 6.96. The molecular formula is C14H28O4. The lowest BCUT2D eigenvalue weighted by Crippen LogP contribution is -2.28. The van der Waals surface area contributed by atoms with E-state index >= 15 is 0 Å². The smallest absolute Gasteiger partial charge is 0.308 e. The first-order chi connectivity index (χ1) is 8.46. The molecule has 0 saturated carbocycles. The maximum absolute atomic E-state index is 11.8. The highest BCUT2D eigenvalue weighted by Gasteiger charge is 2.22. The normalized spacial score (nSPS) is 16.1. The molecule has 108 valence electrons. The second-order valence-electron chi connectivity index (χ2n) is 5.14. The minimum atomic E-state index is -0.958. The molecule has 0 amide bonds. The third kappa shape index (κ3) is 7.67. The fourth-order valence-electron chi connectivity index (χ4n) is 1.79. The Bertz CT molecular complexity index is 226. The molecule has 0 rings (SSSR count). The number of hydrogen-bond acceptors (Lipinski definition) is 4. The summed E-state index contributed by atoms with van der Waals surface area (Å²) in [5, 5.41) is 18.6. The molecule has 0 aliphatic rings. The Kier molecular flexibility index (Phi) is 9.02. The van der Waals surface area contributed by atoms with Gasteiger partial charge in [0.2, 0.25) is 0 Å². The largest absolute Gasteiger partial charge is 0.465 e. The van der Waals surface area contributed by atoms with E-state index in [1.54, 1.807) is 6.92 Å². The number of aliphatic hydroxyl groups excluding tert-OH is 1. The highest BCUT2D eigenvalue weighted by molar-refractivity contribution is 5.72. The summed E-state index contributed by atoms with van der Waals surface area (Å²) in [7, 11) is 0. The van der Waals surface area contributed by atoms with Gasteiger partial charge in [-0.2, -0.15) is 0 Å². The molecule has 4 heteroatoms. The zero-order valence-corrected chi connectivity index (χ0v) is 11.9. The summed E-state index contributed by atoms with van der Waals surface area (Å²) in [4.78, 5) is 11.8. The van der Waals surface area contributed by atoms with Crippen LogP contribution in [0, 0.1) is 5.92 Å². The molecule has 2 N–H and O–H groups in total. The Morgan fingerprint density at radius 2 is 2.00 bits per heavy atom. The summed E-state index contributed by atoms with van der Waals surface area (Å²) in [6, 6.07) is 0. The van der Waals surface area contributed by atoms with Crippen LogP contribution >= 0.6 is 0 Å². The molecule has 0 saturated heterocycles. The van der Waals surface area contributed by atoms with Crippen LogP contribution in [-0.2, 0) is 9.53 Å². The Hall–Kier alpha value is -0.610. The van der Waals surface area contributed by atoms with Crippen molar-refractivity contribution in [3.8, 4) is 0 Å². The maximum atomic E-state index is 11.8. The van der Waals surface area contributed by atoms with E-state index in [0.717, 1.165) is 25.7 Å². The number of ether oxygens (including phenoxy) is 1. The van der Waals surface area contributed by atoms with E-state index in [4.69, 9.17) is 9.84 Å². The number of carbonyl (C=O) groups is 1. The van der Waals surface area contributed by atoms with E-state index in [-0.39, 0.29) is 25.1 Å². The van der Waals surface area contributed by atoms with Crippen molar-refractivity contribution in [2.45, 2.75) is 64.9 Å². The summed E-state index contributed by atoms with van der Waals surface area (Å²) in [6.45, 7) is 5.89. The zero-order valence-electron chi connectivity index (χ0n) is 11.9. The Labute approximate surface area is 110 Å². The van der Waals surface area contributed by atoms with Crippen molar-refractivity contribution in [3.05, 3.63) is 0 Å². The van der Waals surface area contributed by atoms with Crippen molar-refractivity contribution in [2.24, 2.45) is 5.92 Å². The molecule has 0 aromatic heterocycles. The van der Waals surface area contributed by atoms with Crippen molar-refractivity contribution < 1.29 is 19.7 Å². The molecule has 0 spiro atoms. The number of esters is 1. The number of hydrogen-bond donors (Lipinski definition) is 2. The van der Waals surface area contributed by atoms with Crippen molar-refractivity contribution in [3.63, 3.8) is 0 Å². The van der Waals surface area contributed by atoms with Crippen LogP contribution in [0.4, 0.5) is 0 Å². The first kappa shape index (κ1) is 17.4. The van der Waals surface area contributed by atoms with Crippen LogP contribution in [0.5, 0.6) is 0 Å². The van der Waals surface area contributed by atoms with Crippen molar-refractivity contribution in [1.82, 2.24) is 0 Å². The molecule has 0 radical (unpaired) electrons. The number of unbranched alkanes of at least 4 members (excludes halogenated alkanes) is 1. The molecule has 2 atom stereocenters. The molecule has 0 heterocycles. The first-order valence-electron chi connectivity index (χ1n) is 6.96. The topological polar surface area (TPSA) is 66.8 Å².